The summed E-state index contributed by atoms with van der Waals surface area (Å²) in [6.45, 7) is -0.500. The molecule has 5 nitrogen and oxygen atoms in total. The zero-order valence-electron chi connectivity index (χ0n) is 13.6. The molecule has 2 aromatic carbocycles. The molecule has 0 amide bonds. The lowest BCUT2D eigenvalue weighted by molar-refractivity contribution is -0.307. The molecule has 0 saturated carbocycles. The molecule has 0 aliphatic rings. The Labute approximate surface area is 154 Å². The molecule has 6 heteroatoms. The maximum Gasteiger partial charge on any atom is 0.134 e. The van der Waals surface area contributed by atoms with Crippen LogP contribution in [0.2, 0.25) is 0 Å². The fourth-order valence-electron chi connectivity index (χ4n) is 2.25. The second-order valence-electron chi connectivity index (χ2n) is 5.30. The molecule has 3 aromatic rings. The van der Waals surface area contributed by atoms with Gasteiger partial charge < -0.3 is 14.6 Å². The number of ether oxygens (including phenoxy) is 1. The zero-order valence-corrected chi connectivity index (χ0v) is 14.4. The minimum Gasteiger partial charge on any atom is -0.546 e. The lowest BCUT2D eigenvalue weighted by Gasteiger charge is -2.06. The van der Waals surface area contributed by atoms with Gasteiger partial charge in [0, 0.05) is 10.9 Å². The molecule has 128 valence electrons. The number of rotatable bonds is 6. The summed E-state index contributed by atoms with van der Waals surface area (Å²) < 4.78 is 5.03. The lowest BCUT2D eigenvalue weighted by Crippen LogP contribution is -2.28. The quantitative estimate of drug-likeness (QED) is 0.630. The predicted octanol–water partition coefficient (Wildman–Crippen LogP) is 3.00. The van der Waals surface area contributed by atoms with Crippen LogP contribution in [0, 0.1) is 11.3 Å². The minimum absolute atomic E-state index is 0.422. The third-order valence-corrected chi connectivity index (χ3v) is 4.35. The Kier molecular flexibility index (Phi) is 5.42. The van der Waals surface area contributed by atoms with Crippen molar-refractivity contribution in [3.8, 4) is 23.1 Å². The van der Waals surface area contributed by atoms with Crippen LogP contribution in [0.15, 0.2) is 60.0 Å². The Morgan fingerprint density at radius 2 is 1.92 bits per heavy atom. The minimum atomic E-state index is -1.28. The van der Waals surface area contributed by atoms with Crippen LogP contribution in [-0.4, -0.2) is 17.6 Å². The number of thiazole rings is 1. The number of allylic oxidation sites excluding steroid dienone is 1. The fourth-order valence-corrected chi connectivity index (χ4v) is 3.04. The first kappa shape index (κ1) is 17.4. The third-order valence-electron chi connectivity index (χ3n) is 3.47. The van der Waals surface area contributed by atoms with Crippen molar-refractivity contribution in [2.75, 3.05) is 6.61 Å². The van der Waals surface area contributed by atoms with E-state index in [2.05, 4.69) is 11.1 Å². The van der Waals surface area contributed by atoms with Gasteiger partial charge in [0.15, 0.2) is 0 Å². The normalized spacial score (nSPS) is 11.0. The Morgan fingerprint density at radius 1 is 1.19 bits per heavy atom. The van der Waals surface area contributed by atoms with Crippen molar-refractivity contribution < 1.29 is 14.6 Å². The summed E-state index contributed by atoms with van der Waals surface area (Å²) in [6, 6.07) is 18.7. The maximum atomic E-state index is 10.4. The van der Waals surface area contributed by atoms with Gasteiger partial charge in [-0.3, -0.25) is 0 Å². The van der Waals surface area contributed by atoms with Crippen LogP contribution in [0.4, 0.5) is 0 Å². The molecule has 0 bridgehead atoms. The van der Waals surface area contributed by atoms with Gasteiger partial charge in [-0.2, -0.15) is 5.26 Å². The highest BCUT2D eigenvalue weighted by molar-refractivity contribution is 7.11. The van der Waals surface area contributed by atoms with E-state index in [0.717, 1.165) is 16.8 Å². The van der Waals surface area contributed by atoms with E-state index < -0.39 is 12.6 Å². The third kappa shape index (κ3) is 4.35. The van der Waals surface area contributed by atoms with Gasteiger partial charge in [-0.15, -0.1) is 11.3 Å². The van der Waals surface area contributed by atoms with Crippen LogP contribution in [0.3, 0.4) is 0 Å². The molecule has 3 rings (SSSR count). The number of carbonyl (C=O) groups is 1. The highest BCUT2D eigenvalue weighted by Gasteiger charge is 2.09. The molecule has 0 aliphatic heterocycles. The standard InChI is InChI=1S/C20H14N2O3S/c21-11-16(10-14-6-8-17(9-7-14)25-12-19(23)24)20-22-18(13-26-20)15-4-2-1-3-5-15/h1-10,13H,12H2,(H,23,24)/p-1/b16-10+. The average molecular weight is 361 g/mol. The summed E-state index contributed by atoms with van der Waals surface area (Å²) in [7, 11) is 0. The van der Waals surface area contributed by atoms with Crippen LogP contribution in [-0.2, 0) is 4.79 Å². The smallest absolute Gasteiger partial charge is 0.134 e. The average Bonchev–Trinajstić information content (AvgIpc) is 3.16. The van der Waals surface area contributed by atoms with E-state index in [1.54, 1.807) is 30.3 Å². The van der Waals surface area contributed by atoms with Gasteiger partial charge in [0.25, 0.3) is 0 Å². The van der Waals surface area contributed by atoms with Crippen LogP contribution in [0.1, 0.15) is 10.6 Å². The number of hydrogen-bond acceptors (Lipinski definition) is 6. The van der Waals surface area contributed by atoms with Crippen molar-refractivity contribution in [1.29, 1.82) is 5.26 Å². The fraction of sp³-hybridized carbons (Fsp3) is 0.0500. The Morgan fingerprint density at radius 3 is 2.58 bits per heavy atom. The van der Waals surface area contributed by atoms with Crippen LogP contribution in [0.25, 0.3) is 22.9 Å². The first-order chi connectivity index (χ1) is 12.7. The van der Waals surface area contributed by atoms with Crippen LogP contribution >= 0.6 is 11.3 Å². The summed E-state index contributed by atoms with van der Waals surface area (Å²) >= 11 is 1.41. The van der Waals surface area contributed by atoms with Crippen LogP contribution in [0.5, 0.6) is 5.75 Å². The summed E-state index contributed by atoms with van der Waals surface area (Å²) in [6.07, 6.45) is 1.73. The zero-order chi connectivity index (χ0) is 18.4. The number of aromatic nitrogens is 1. The molecule has 1 heterocycles. The summed E-state index contributed by atoms with van der Waals surface area (Å²) in [5.74, 6) is -0.857. The second kappa shape index (κ2) is 8.10. The number of carbonyl (C=O) groups excluding carboxylic acids is 1. The first-order valence-corrected chi connectivity index (χ1v) is 8.59. The Balaban J connectivity index is 1.79. The van der Waals surface area contributed by atoms with Gasteiger partial charge in [0.2, 0.25) is 0 Å². The van der Waals surface area contributed by atoms with Gasteiger partial charge in [0.05, 0.1) is 17.2 Å². The maximum absolute atomic E-state index is 10.4. The van der Waals surface area contributed by atoms with E-state index in [-0.39, 0.29) is 0 Å². The topological polar surface area (TPSA) is 86.0 Å². The SMILES string of the molecule is N#C/C(=C\c1ccc(OCC(=O)[O-])cc1)c1nc(-c2ccccc2)cs1. The molecule has 0 radical (unpaired) electrons. The highest BCUT2D eigenvalue weighted by Crippen LogP contribution is 2.27. The molecule has 0 N–H and O–H groups in total. The number of carboxylic acid groups (broad SMARTS) is 1. The van der Waals surface area contributed by atoms with Gasteiger partial charge in [-0.1, -0.05) is 42.5 Å². The molecule has 1 aromatic heterocycles. The van der Waals surface area contributed by atoms with E-state index in [1.165, 1.54) is 11.3 Å². The molecule has 0 aliphatic carbocycles. The molecular weight excluding hydrogens is 348 g/mol. The number of nitrogens with zero attached hydrogens (tertiary/aromatic N) is 2. The van der Waals surface area contributed by atoms with Crippen molar-refractivity contribution in [3.63, 3.8) is 0 Å². The van der Waals surface area contributed by atoms with E-state index in [0.29, 0.717) is 16.3 Å². The van der Waals surface area contributed by atoms with Gasteiger partial charge in [0.1, 0.15) is 23.4 Å². The van der Waals surface area contributed by atoms with Crippen LogP contribution < -0.4 is 9.84 Å². The largest absolute Gasteiger partial charge is 0.546 e. The number of hydrogen-bond donors (Lipinski definition) is 0. The predicted molar refractivity (Wildman–Crippen MR) is 98.0 cm³/mol. The number of nitriles is 1. The van der Waals surface area contributed by atoms with Gasteiger partial charge in [-0.25, -0.2) is 4.98 Å². The monoisotopic (exact) mass is 361 g/mol. The number of benzene rings is 2. The Hall–Kier alpha value is -3.43. The summed E-state index contributed by atoms with van der Waals surface area (Å²) in [4.78, 5) is 14.9. The van der Waals surface area contributed by atoms with E-state index >= 15 is 0 Å². The molecule has 0 spiro atoms. The van der Waals surface area contributed by atoms with Gasteiger partial charge in [-0.05, 0) is 23.8 Å². The molecule has 0 fully saturated rings. The van der Waals surface area contributed by atoms with E-state index in [4.69, 9.17) is 4.74 Å². The molecule has 26 heavy (non-hydrogen) atoms. The lowest BCUT2D eigenvalue weighted by atomic mass is 10.1. The molecule has 0 atom stereocenters. The van der Waals surface area contributed by atoms with Crippen molar-refractivity contribution >= 4 is 29.0 Å². The summed E-state index contributed by atoms with van der Waals surface area (Å²) in [5.41, 5.74) is 3.08. The number of aliphatic carboxylic acids is 1. The van der Waals surface area contributed by atoms with Crippen molar-refractivity contribution in [2.24, 2.45) is 0 Å². The van der Waals surface area contributed by atoms with Gasteiger partial charge >= 0.3 is 0 Å². The summed E-state index contributed by atoms with van der Waals surface area (Å²) in [5, 5.41) is 22.4. The molecule has 0 unspecified atom stereocenters. The van der Waals surface area contributed by atoms with Crippen molar-refractivity contribution in [2.45, 2.75) is 0 Å². The highest BCUT2D eigenvalue weighted by atomic mass is 32.1. The molecule has 0 saturated heterocycles. The van der Waals surface area contributed by atoms with E-state index in [9.17, 15) is 15.2 Å². The Bertz CT molecular complexity index is 970. The number of carboxylic acids is 1. The van der Waals surface area contributed by atoms with Crippen molar-refractivity contribution in [1.82, 2.24) is 4.98 Å². The van der Waals surface area contributed by atoms with Crippen molar-refractivity contribution in [3.05, 3.63) is 70.5 Å². The molecular formula is C20H13N2O3S-. The first-order valence-electron chi connectivity index (χ1n) is 7.71. The van der Waals surface area contributed by atoms with E-state index in [1.807, 2.05) is 35.7 Å². The second-order valence-corrected chi connectivity index (χ2v) is 6.16.